The zero-order valence-corrected chi connectivity index (χ0v) is 25.2. The van der Waals surface area contributed by atoms with E-state index in [-0.39, 0.29) is 42.8 Å². The predicted molar refractivity (Wildman–Crippen MR) is 162 cm³/mol. The quantitative estimate of drug-likeness (QED) is 0.238. The van der Waals surface area contributed by atoms with E-state index in [4.69, 9.17) is 10.2 Å². The van der Waals surface area contributed by atoms with E-state index in [9.17, 15) is 39.9 Å². The van der Waals surface area contributed by atoms with Crippen molar-refractivity contribution in [2.24, 2.45) is 17.6 Å². The van der Waals surface area contributed by atoms with Gasteiger partial charge in [0, 0.05) is 70.4 Å². The molecule has 1 saturated heterocycles. The van der Waals surface area contributed by atoms with Crippen molar-refractivity contribution in [3.63, 3.8) is 0 Å². The number of fused-ring (bicyclic) bond motifs is 3. The number of aliphatic hydroxyl groups excluding tert-OH is 3. The fraction of sp³-hybridized carbons (Fsp3) is 0.469. The van der Waals surface area contributed by atoms with Gasteiger partial charge >= 0.3 is 0 Å². The first-order chi connectivity index (χ1) is 21.4. The molecule has 13 heteroatoms. The first-order valence-electron chi connectivity index (χ1n) is 15.0. The third-order valence-corrected chi connectivity index (χ3v) is 9.71. The van der Waals surface area contributed by atoms with Gasteiger partial charge in [-0.25, -0.2) is 0 Å². The van der Waals surface area contributed by atoms with Gasteiger partial charge in [-0.05, 0) is 42.5 Å². The molecule has 4 aliphatic rings. The minimum Gasteiger partial charge on any atom is -0.508 e. The second kappa shape index (κ2) is 11.3. The molecule has 2 heterocycles. The highest BCUT2D eigenvalue weighted by molar-refractivity contribution is 6.22. The maximum atomic E-state index is 13.9. The van der Waals surface area contributed by atoms with Crippen molar-refractivity contribution < 1.29 is 44.3 Å². The molecule has 1 aliphatic heterocycles. The number of Topliss-reactive ketones (excluding diaryl/α,β-unsaturated/α-hetero) is 2. The third kappa shape index (κ3) is 4.90. The number of nitrogens with zero attached hydrogens (tertiary/aromatic N) is 3. The Hall–Kier alpha value is -4.17. The van der Waals surface area contributed by atoms with Crippen LogP contribution in [-0.4, -0.2) is 112 Å². The number of rotatable bonds is 7. The minimum absolute atomic E-state index is 0.0151. The van der Waals surface area contributed by atoms with Crippen molar-refractivity contribution in [1.29, 1.82) is 0 Å². The standard InChI is InChI=1S/C32H38N4O9/c1-34(2)21-14-20(23-4-3-18(45-23)15-36-7-5-35(6-8-36)9-10-37)27(39)25-19(21)12-16-11-17-13-22(38)26(31(33)43)30(42)32(17,44)29(41)24(16)28(25)40/h3-4,14,16-17,37,39-40,42,44H,5-13,15H2,1-2H3,(H2,33,43). The number of aromatic hydroxyl groups is 1. The number of phenolic OH excluding ortho intramolecular Hbond substituents is 1. The molecule has 3 unspecified atom stereocenters. The average molecular weight is 623 g/mol. The summed E-state index contributed by atoms with van der Waals surface area (Å²) in [6.07, 6.45) is -0.0959. The van der Waals surface area contributed by atoms with E-state index >= 15 is 0 Å². The Labute approximate surface area is 259 Å². The first kappa shape index (κ1) is 30.8. The lowest BCUT2D eigenvalue weighted by molar-refractivity contribution is -0.147. The van der Waals surface area contributed by atoms with Crippen LogP contribution in [-0.2, 0) is 27.3 Å². The van der Waals surface area contributed by atoms with Gasteiger partial charge in [0.1, 0.15) is 34.4 Å². The molecule has 2 aromatic rings. The highest BCUT2D eigenvalue weighted by Crippen LogP contribution is 2.54. The van der Waals surface area contributed by atoms with Crippen LogP contribution in [0, 0.1) is 11.8 Å². The van der Waals surface area contributed by atoms with Gasteiger partial charge in [0.25, 0.3) is 5.91 Å². The molecule has 1 saturated carbocycles. The summed E-state index contributed by atoms with van der Waals surface area (Å²) >= 11 is 0. The molecule has 1 aromatic heterocycles. The van der Waals surface area contributed by atoms with E-state index in [0.717, 1.165) is 26.2 Å². The van der Waals surface area contributed by atoms with Gasteiger partial charge in [0.15, 0.2) is 11.4 Å². The second-order valence-corrected chi connectivity index (χ2v) is 12.6. The molecule has 240 valence electrons. The number of carbonyl (C=O) groups is 3. The summed E-state index contributed by atoms with van der Waals surface area (Å²) in [7, 11) is 3.63. The Morgan fingerprint density at radius 2 is 1.78 bits per heavy atom. The van der Waals surface area contributed by atoms with Gasteiger partial charge < -0.3 is 40.6 Å². The number of anilines is 1. The highest BCUT2D eigenvalue weighted by atomic mass is 16.4. The Morgan fingerprint density at radius 1 is 1.09 bits per heavy atom. The maximum absolute atomic E-state index is 13.9. The molecule has 13 nitrogen and oxygen atoms in total. The number of amides is 1. The van der Waals surface area contributed by atoms with E-state index in [1.54, 1.807) is 12.1 Å². The molecule has 1 amide bonds. The molecule has 6 rings (SSSR count). The highest BCUT2D eigenvalue weighted by Gasteiger charge is 2.60. The van der Waals surface area contributed by atoms with Gasteiger partial charge in [-0.3, -0.25) is 24.2 Å². The maximum Gasteiger partial charge on any atom is 0.255 e. The molecule has 3 atom stereocenters. The molecule has 2 fully saturated rings. The smallest absolute Gasteiger partial charge is 0.255 e. The van der Waals surface area contributed by atoms with Gasteiger partial charge in [-0.2, -0.15) is 0 Å². The van der Waals surface area contributed by atoms with Gasteiger partial charge in [-0.15, -0.1) is 0 Å². The largest absolute Gasteiger partial charge is 0.508 e. The molecule has 1 aromatic carbocycles. The summed E-state index contributed by atoms with van der Waals surface area (Å²) in [6.45, 7) is 4.62. The number of phenols is 1. The zero-order chi connectivity index (χ0) is 32.4. The average Bonchev–Trinajstić information content (AvgIpc) is 3.44. The van der Waals surface area contributed by atoms with Crippen LogP contribution < -0.4 is 10.6 Å². The molecular formula is C32H38N4O9. The molecule has 0 bridgehead atoms. The van der Waals surface area contributed by atoms with Gasteiger partial charge in [-0.1, -0.05) is 0 Å². The molecule has 3 aliphatic carbocycles. The molecular weight excluding hydrogens is 584 g/mol. The van der Waals surface area contributed by atoms with Crippen molar-refractivity contribution in [2.75, 3.05) is 58.3 Å². The number of primary amides is 1. The van der Waals surface area contributed by atoms with Crippen LogP contribution in [0.2, 0.25) is 0 Å². The topological polar surface area (TPSA) is 201 Å². The van der Waals surface area contributed by atoms with Crippen LogP contribution in [0.15, 0.2) is 39.5 Å². The fourth-order valence-corrected chi connectivity index (χ4v) is 7.40. The lowest BCUT2D eigenvalue weighted by Gasteiger charge is -2.46. The van der Waals surface area contributed by atoms with Crippen LogP contribution in [0.1, 0.15) is 29.7 Å². The fourth-order valence-electron chi connectivity index (χ4n) is 7.40. The SMILES string of the molecule is CN(C)c1cc(-c2ccc(CN3CCN(CCO)CC3)o2)c(O)c2c1CC1CC3CC(=O)C(C(N)=O)=C(O)C3(O)C(=O)C1=C2O. The van der Waals surface area contributed by atoms with E-state index < -0.39 is 52.0 Å². The van der Waals surface area contributed by atoms with Crippen molar-refractivity contribution in [1.82, 2.24) is 9.80 Å². The zero-order valence-electron chi connectivity index (χ0n) is 25.2. The van der Waals surface area contributed by atoms with Crippen LogP contribution in [0.5, 0.6) is 5.75 Å². The summed E-state index contributed by atoms with van der Waals surface area (Å²) in [4.78, 5) is 44.7. The van der Waals surface area contributed by atoms with Crippen LogP contribution in [0.25, 0.3) is 17.1 Å². The summed E-state index contributed by atoms with van der Waals surface area (Å²) in [5, 5.41) is 54.8. The number of hydrogen-bond acceptors (Lipinski definition) is 12. The van der Waals surface area contributed by atoms with Crippen molar-refractivity contribution in [2.45, 2.75) is 31.4 Å². The number of piperazine rings is 1. The van der Waals surface area contributed by atoms with Crippen LogP contribution >= 0.6 is 0 Å². The number of β-amino-alcohol motifs (C(OH)–C–C–N with tert-alkyl or cyclic N) is 1. The molecule has 0 radical (unpaired) electrons. The van der Waals surface area contributed by atoms with Crippen LogP contribution in [0.3, 0.4) is 0 Å². The number of benzene rings is 1. The summed E-state index contributed by atoms with van der Waals surface area (Å²) < 4.78 is 6.17. The Bertz CT molecular complexity index is 1650. The van der Waals surface area contributed by atoms with Crippen molar-refractivity contribution >= 4 is 28.9 Å². The minimum atomic E-state index is -2.62. The van der Waals surface area contributed by atoms with Crippen molar-refractivity contribution in [3.05, 3.63) is 52.0 Å². The lowest BCUT2D eigenvalue weighted by Crippen LogP contribution is -2.58. The molecule has 7 N–H and O–H groups in total. The normalized spacial score (nSPS) is 25.7. The summed E-state index contributed by atoms with van der Waals surface area (Å²) in [5.74, 6) is -5.61. The van der Waals surface area contributed by atoms with E-state index in [0.29, 0.717) is 41.4 Å². The van der Waals surface area contributed by atoms with E-state index in [1.165, 1.54) is 0 Å². The van der Waals surface area contributed by atoms with Crippen LogP contribution in [0.4, 0.5) is 5.69 Å². The Morgan fingerprint density at radius 3 is 2.42 bits per heavy atom. The van der Waals surface area contributed by atoms with Gasteiger partial charge in [0.2, 0.25) is 5.78 Å². The Balaban J connectivity index is 1.38. The number of carbonyl (C=O) groups excluding carboxylic acids is 3. The number of ketones is 2. The summed E-state index contributed by atoms with van der Waals surface area (Å²) in [5.41, 5.74) is 3.22. The number of furan rings is 1. The van der Waals surface area contributed by atoms with Gasteiger partial charge in [0.05, 0.1) is 24.3 Å². The lowest BCUT2D eigenvalue weighted by atomic mass is 9.59. The second-order valence-electron chi connectivity index (χ2n) is 12.6. The predicted octanol–water partition coefficient (Wildman–Crippen LogP) is 0.860. The molecule has 0 spiro atoms. The number of aliphatic hydroxyl groups is 4. The monoisotopic (exact) mass is 622 g/mol. The number of hydrogen-bond donors (Lipinski definition) is 6. The Kier molecular flexibility index (Phi) is 7.76. The summed E-state index contributed by atoms with van der Waals surface area (Å²) in [6, 6.07) is 5.33. The third-order valence-electron chi connectivity index (χ3n) is 9.71. The molecule has 45 heavy (non-hydrogen) atoms. The first-order valence-corrected chi connectivity index (χ1v) is 15.0. The van der Waals surface area contributed by atoms with Crippen molar-refractivity contribution in [3.8, 4) is 17.1 Å². The van der Waals surface area contributed by atoms with E-state index in [1.807, 2.05) is 25.1 Å². The van der Waals surface area contributed by atoms with E-state index in [2.05, 4.69) is 9.80 Å². The number of nitrogens with two attached hydrogens (primary N) is 1.